The Bertz CT molecular complexity index is 279. The van der Waals surface area contributed by atoms with E-state index in [2.05, 4.69) is 10.3 Å². The third-order valence-electron chi connectivity index (χ3n) is 2.57. The lowest BCUT2D eigenvalue weighted by atomic mass is 9.99. The summed E-state index contributed by atoms with van der Waals surface area (Å²) >= 11 is 1.30. The van der Waals surface area contributed by atoms with Crippen LogP contribution in [0.5, 0.6) is 0 Å². The van der Waals surface area contributed by atoms with Crippen LogP contribution < -0.4 is 5.32 Å². The summed E-state index contributed by atoms with van der Waals surface area (Å²) in [5.74, 6) is 0. The second-order valence-corrected chi connectivity index (χ2v) is 4.58. The van der Waals surface area contributed by atoms with Crippen molar-refractivity contribution in [3.8, 4) is 0 Å². The van der Waals surface area contributed by atoms with Gasteiger partial charge in [-0.2, -0.15) is 0 Å². The van der Waals surface area contributed by atoms with Crippen LogP contribution in [0.25, 0.3) is 0 Å². The number of rotatable bonds is 1. The Hall–Kier alpha value is -0.370. The largest absolute Gasteiger partial charge is 0.388 e. The van der Waals surface area contributed by atoms with Crippen molar-refractivity contribution >= 4 is 16.9 Å². The van der Waals surface area contributed by atoms with E-state index in [1.165, 1.54) is 11.8 Å². The lowest BCUT2D eigenvalue weighted by Crippen LogP contribution is -2.59. The lowest BCUT2D eigenvalue weighted by molar-refractivity contribution is -0.160. The molecule has 0 spiro atoms. The highest BCUT2D eigenvalue weighted by atomic mass is 32.2. The second kappa shape index (κ2) is 4.25. The molecule has 2 rings (SSSR count). The zero-order valence-corrected chi connectivity index (χ0v) is 8.95. The fourth-order valence-electron chi connectivity index (χ4n) is 1.72. The fourth-order valence-corrected chi connectivity index (χ4v) is 2.82. The summed E-state index contributed by atoms with van der Waals surface area (Å²) in [5.41, 5.74) is -0.386. The van der Waals surface area contributed by atoms with Gasteiger partial charge in [-0.25, -0.2) is 4.39 Å². The van der Waals surface area contributed by atoms with E-state index in [0.29, 0.717) is 5.17 Å². The van der Waals surface area contributed by atoms with Gasteiger partial charge in [0.1, 0.15) is 30.4 Å². The summed E-state index contributed by atoms with van der Waals surface area (Å²) in [6.07, 6.45) is -3.18. The minimum Gasteiger partial charge on any atom is -0.388 e. The van der Waals surface area contributed by atoms with Crippen molar-refractivity contribution in [3.63, 3.8) is 0 Å². The molecule has 0 bridgehead atoms. The number of aliphatic hydroxyl groups is 2. The number of aliphatic imine (C=N–C) groups is 1. The van der Waals surface area contributed by atoms with E-state index >= 15 is 0 Å². The van der Waals surface area contributed by atoms with E-state index < -0.39 is 31.0 Å². The van der Waals surface area contributed by atoms with Gasteiger partial charge in [0.15, 0.2) is 5.17 Å². The van der Waals surface area contributed by atoms with Crippen LogP contribution in [0.15, 0.2) is 4.99 Å². The quantitative estimate of drug-likeness (QED) is 0.550. The van der Waals surface area contributed by atoms with Crippen molar-refractivity contribution in [1.82, 2.24) is 5.32 Å². The number of alkyl halides is 1. The number of aliphatic hydroxyl groups excluding tert-OH is 2. The van der Waals surface area contributed by atoms with E-state index in [1.807, 2.05) is 0 Å². The molecule has 15 heavy (non-hydrogen) atoms. The SMILES string of the molecule is CN=C1N[C@@H]2[C@@H](O)[C@H](O)[C@@H](CF)O[C@@H]2S1. The Morgan fingerprint density at radius 3 is 2.87 bits per heavy atom. The maximum absolute atomic E-state index is 12.5. The molecule has 5 atom stereocenters. The van der Waals surface area contributed by atoms with Gasteiger partial charge >= 0.3 is 0 Å². The van der Waals surface area contributed by atoms with Crippen LogP contribution in [0.1, 0.15) is 0 Å². The molecule has 2 aliphatic heterocycles. The van der Waals surface area contributed by atoms with Crippen molar-refractivity contribution in [2.24, 2.45) is 4.99 Å². The first-order chi connectivity index (χ1) is 7.17. The molecule has 0 aromatic heterocycles. The highest BCUT2D eigenvalue weighted by molar-refractivity contribution is 8.14. The monoisotopic (exact) mass is 236 g/mol. The van der Waals surface area contributed by atoms with Crippen LogP contribution >= 0.6 is 11.8 Å². The van der Waals surface area contributed by atoms with Gasteiger partial charge in [0, 0.05) is 7.05 Å². The Kier molecular flexibility index (Phi) is 3.15. The molecular weight excluding hydrogens is 223 g/mol. The maximum Gasteiger partial charge on any atom is 0.159 e. The number of hydrogen-bond acceptors (Lipinski definition) is 5. The number of nitrogens with zero attached hydrogens (tertiary/aromatic N) is 1. The van der Waals surface area contributed by atoms with Crippen LogP contribution in [-0.4, -0.2) is 58.9 Å². The predicted molar refractivity (Wildman–Crippen MR) is 54.5 cm³/mol. The minimum absolute atomic E-state index is 0.386. The Labute approximate surface area is 90.7 Å². The average molecular weight is 236 g/mol. The molecule has 5 nitrogen and oxygen atoms in total. The summed E-state index contributed by atoms with van der Waals surface area (Å²) in [6.45, 7) is -0.805. The van der Waals surface area contributed by atoms with Gasteiger partial charge in [0.2, 0.25) is 0 Å². The van der Waals surface area contributed by atoms with Crippen molar-refractivity contribution in [3.05, 3.63) is 0 Å². The summed E-state index contributed by atoms with van der Waals surface area (Å²) in [7, 11) is 1.61. The molecule has 2 heterocycles. The number of fused-ring (bicyclic) bond motifs is 1. The van der Waals surface area contributed by atoms with Gasteiger partial charge in [-0.1, -0.05) is 11.8 Å². The molecule has 2 saturated heterocycles. The third-order valence-corrected chi connectivity index (χ3v) is 3.73. The van der Waals surface area contributed by atoms with Crippen LogP contribution in [-0.2, 0) is 4.74 Å². The fraction of sp³-hybridized carbons (Fsp3) is 0.875. The maximum atomic E-state index is 12.5. The van der Waals surface area contributed by atoms with E-state index in [1.54, 1.807) is 7.05 Å². The Balaban J connectivity index is 2.13. The Morgan fingerprint density at radius 2 is 2.27 bits per heavy atom. The van der Waals surface area contributed by atoms with Crippen molar-refractivity contribution in [2.75, 3.05) is 13.7 Å². The standard InChI is InChI=1S/C8H13FN2O3S/c1-10-8-11-4-6(13)5(12)3(2-9)14-7(4)15-8/h3-7,12-13H,2H2,1H3,(H,10,11)/t3-,4-,5-,6-,7-/m1/s1. The number of halogens is 1. The molecule has 3 N–H and O–H groups in total. The number of ether oxygens (including phenoxy) is 1. The molecule has 0 saturated carbocycles. The summed E-state index contributed by atoms with van der Waals surface area (Å²) in [4.78, 5) is 3.92. The van der Waals surface area contributed by atoms with Crippen molar-refractivity contribution < 1.29 is 19.3 Å². The third kappa shape index (κ3) is 1.84. The first-order valence-corrected chi connectivity index (χ1v) is 5.53. The number of thioether (sulfide) groups is 1. The van der Waals surface area contributed by atoms with Gasteiger partial charge in [0.05, 0.1) is 6.04 Å². The molecule has 0 aromatic rings. The summed E-state index contributed by atoms with van der Waals surface area (Å²) in [6, 6.07) is -0.425. The van der Waals surface area contributed by atoms with Gasteiger partial charge in [-0.05, 0) is 0 Å². The highest BCUT2D eigenvalue weighted by Gasteiger charge is 2.48. The second-order valence-electron chi connectivity index (χ2n) is 3.50. The first kappa shape index (κ1) is 11.1. The molecule has 0 aromatic carbocycles. The van der Waals surface area contributed by atoms with E-state index in [0.717, 1.165) is 0 Å². The topological polar surface area (TPSA) is 74.1 Å². The molecule has 2 fully saturated rings. The Morgan fingerprint density at radius 1 is 1.53 bits per heavy atom. The average Bonchev–Trinajstić information content (AvgIpc) is 2.66. The van der Waals surface area contributed by atoms with Gasteiger partial charge in [0.25, 0.3) is 0 Å². The summed E-state index contributed by atoms with van der Waals surface area (Å²) in [5, 5.41) is 22.8. The van der Waals surface area contributed by atoms with Gasteiger partial charge < -0.3 is 20.3 Å². The smallest absolute Gasteiger partial charge is 0.159 e. The molecule has 0 radical (unpaired) electrons. The van der Waals surface area contributed by atoms with E-state index in [4.69, 9.17) is 4.74 Å². The summed E-state index contributed by atoms with van der Waals surface area (Å²) < 4.78 is 17.8. The number of amidine groups is 1. The van der Waals surface area contributed by atoms with Crippen LogP contribution in [0.2, 0.25) is 0 Å². The molecule has 0 unspecified atom stereocenters. The lowest BCUT2D eigenvalue weighted by Gasteiger charge is -2.37. The van der Waals surface area contributed by atoms with Crippen LogP contribution in [0.4, 0.5) is 4.39 Å². The van der Waals surface area contributed by atoms with Crippen molar-refractivity contribution in [2.45, 2.75) is 29.8 Å². The minimum atomic E-state index is -1.19. The van der Waals surface area contributed by atoms with E-state index in [-0.39, 0.29) is 5.44 Å². The number of hydrogen-bond donors (Lipinski definition) is 3. The molecule has 0 amide bonds. The highest BCUT2D eigenvalue weighted by Crippen LogP contribution is 2.33. The zero-order chi connectivity index (χ0) is 11.0. The first-order valence-electron chi connectivity index (χ1n) is 4.65. The number of nitrogens with one attached hydrogen (secondary N) is 1. The molecule has 2 aliphatic rings. The normalized spacial score (nSPS) is 47.7. The van der Waals surface area contributed by atoms with Crippen molar-refractivity contribution in [1.29, 1.82) is 0 Å². The molecule has 0 aliphatic carbocycles. The van der Waals surface area contributed by atoms with Gasteiger partial charge in [-0.15, -0.1) is 0 Å². The predicted octanol–water partition coefficient (Wildman–Crippen LogP) is -0.907. The van der Waals surface area contributed by atoms with Crippen LogP contribution in [0.3, 0.4) is 0 Å². The molecule has 86 valence electrons. The zero-order valence-electron chi connectivity index (χ0n) is 8.13. The van der Waals surface area contributed by atoms with E-state index in [9.17, 15) is 14.6 Å². The molecule has 7 heteroatoms. The van der Waals surface area contributed by atoms with Crippen LogP contribution in [0, 0.1) is 0 Å². The molecular formula is C8H13FN2O3S. The van der Waals surface area contributed by atoms with Gasteiger partial charge in [-0.3, -0.25) is 4.99 Å².